The standard InChI is InChI=1S/C10H8F3N/c1-3-6(2)14-10-5-8(12)7(11)4-9(10)13/h1,4-6,14H,2H3. The second-order valence-corrected chi connectivity index (χ2v) is 2.78. The lowest BCUT2D eigenvalue weighted by atomic mass is 10.2. The third-order valence-electron chi connectivity index (χ3n) is 1.63. The zero-order valence-electron chi connectivity index (χ0n) is 7.44. The van der Waals surface area contributed by atoms with Gasteiger partial charge >= 0.3 is 0 Å². The van der Waals surface area contributed by atoms with Gasteiger partial charge in [0.15, 0.2) is 11.6 Å². The molecule has 0 fully saturated rings. The molecule has 1 unspecified atom stereocenters. The normalized spacial score (nSPS) is 11.9. The first kappa shape index (κ1) is 10.5. The first-order chi connectivity index (χ1) is 6.54. The predicted octanol–water partition coefficient (Wildman–Crippen LogP) is 2.54. The van der Waals surface area contributed by atoms with E-state index in [0.717, 1.165) is 6.07 Å². The summed E-state index contributed by atoms with van der Waals surface area (Å²) in [6, 6.07) is 0.758. The molecule has 1 atom stereocenters. The Bertz CT molecular complexity index is 382. The van der Waals surface area contributed by atoms with Crippen LogP contribution in [0.25, 0.3) is 0 Å². The Morgan fingerprint density at radius 3 is 2.36 bits per heavy atom. The minimum atomic E-state index is -1.22. The molecule has 74 valence electrons. The maximum Gasteiger partial charge on any atom is 0.161 e. The van der Waals surface area contributed by atoms with Gasteiger partial charge in [-0.1, -0.05) is 5.92 Å². The Hall–Kier alpha value is -1.63. The van der Waals surface area contributed by atoms with Crippen molar-refractivity contribution in [1.29, 1.82) is 0 Å². The Balaban J connectivity index is 2.99. The number of hydrogen-bond donors (Lipinski definition) is 1. The molecule has 1 aromatic rings. The molecular formula is C10H8F3N. The van der Waals surface area contributed by atoms with E-state index in [1.807, 2.05) is 0 Å². The number of halogens is 3. The van der Waals surface area contributed by atoms with E-state index >= 15 is 0 Å². The summed E-state index contributed by atoms with van der Waals surface area (Å²) in [6.45, 7) is 1.60. The highest BCUT2D eigenvalue weighted by molar-refractivity contribution is 5.47. The first-order valence-electron chi connectivity index (χ1n) is 3.92. The lowest BCUT2D eigenvalue weighted by Crippen LogP contribution is -2.13. The fraction of sp³-hybridized carbons (Fsp3) is 0.200. The molecular weight excluding hydrogens is 191 g/mol. The van der Waals surface area contributed by atoms with Crippen LogP contribution in [0.15, 0.2) is 12.1 Å². The summed E-state index contributed by atoms with van der Waals surface area (Å²) in [4.78, 5) is 0. The van der Waals surface area contributed by atoms with Crippen LogP contribution in [0.4, 0.5) is 18.9 Å². The topological polar surface area (TPSA) is 12.0 Å². The molecule has 0 saturated heterocycles. The molecule has 4 heteroatoms. The number of benzene rings is 1. The number of terminal acetylenes is 1. The SMILES string of the molecule is C#CC(C)Nc1cc(F)c(F)cc1F. The summed E-state index contributed by atoms with van der Waals surface area (Å²) in [5.41, 5.74) is -0.144. The van der Waals surface area contributed by atoms with Gasteiger partial charge in [-0.15, -0.1) is 6.42 Å². The van der Waals surface area contributed by atoms with Crippen LogP contribution in [-0.4, -0.2) is 6.04 Å². The molecule has 0 spiro atoms. The van der Waals surface area contributed by atoms with Crippen molar-refractivity contribution in [2.24, 2.45) is 0 Å². The van der Waals surface area contributed by atoms with Gasteiger partial charge in [0, 0.05) is 12.1 Å². The zero-order chi connectivity index (χ0) is 10.7. The van der Waals surface area contributed by atoms with Crippen molar-refractivity contribution in [1.82, 2.24) is 0 Å². The predicted molar refractivity (Wildman–Crippen MR) is 48.2 cm³/mol. The van der Waals surface area contributed by atoms with Crippen LogP contribution in [0.2, 0.25) is 0 Å². The average Bonchev–Trinajstić information content (AvgIpc) is 2.14. The van der Waals surface area contributed by atoms with Gasteiger partial charge in [-0.3, -0.25) is 0 Å². The third kappa shape index (κ3) is 2.19. The third-order valence-corrected chi connectivity index (χ3v) is 1.63. The molecule has 1 N–H and O–H groups in total. The van der Waals surface area contributed by atoms with Crippen LogP contribution in [0, 0.1) is 29.8 Å². The van der Waals surface area contributed by atoms with Crippen LogP contribution in [0.3, 0.4) is 0 Å². The lowest BCUT2D eigenvalue weighted by Gasteiger charge is -2.10. The largest absolute Gasteiger partial charge is 0.369 e. The van der Waals surface area contributed by atoms with Crippen molar-refractivity contribution >= 4 is 5.69 Å². The molecule has 0 aromatic heterocycles. The van der Waals surface area contributed by atoms with E-state index in [1.54, 1.807) is 6.92 Å². The fourth-order valence-electron chi connectivity index (χ4n) is 0.908. The van der Waals surface area contributed by atoms with E-state index in [0.29, 0.717) is 6.07 Å². The molecule has 0 aliphatic heterocycles. The molecule has 1 rings (SSSR count). The highest BCUT2D eigenvalue weighted by Crippen LogP contribution is 2.18. The van der Waals surface area contributed by atoms with Crippen LogP contribution >= 0.6 is 0 Å². The minimum absolute atomic E-state index is 0.144. The Morgan fingerprint density at radius 1 is 1.21 bits per heavy atom. The smallest absolute Gasteiger partial charge is 0.161 e. The number of anilines is 1. The Morgan fingerprint density at radius 2 is 1.79 bits per heavy atom. The maximum absolute atomic E-state index is 13.0. The molecule has 0 bridgehead atoms. The summed E-state index contributed by atoms with van der Waals surface area (Å²) in [6.07, 6.45) is 5.04. The molecule has 0 aliphatic carbocycles. The van der Waals surface area contributed by atoms with Gasteiger partial charge in [0.1, 0.15) is 5.82 Å². The second-order valence-electron chi connectivity index (χ2n) is 2.78. The van der Waals surface area contributed by atoms with Gasteiger partial charge in [0.25, 0.3) is 0 Å². The summed E-state index contributed by atoms with van der Waals surface area (Å²) in [5.74, 6) is -0.922. The number of hydrogen-bond acceptors (Lipinski definition) is 1. The van der Waals surface area contributed by atoms with Crippen molar-refractivity contribution in [3.05, 3.63) is 29.6 Å². The van der Waals surface area contributed by atoms with Gasteiger partial charge in [0.2, 0.25) is 0 Å². The van der Waals surface area contributed by atoms with Crippen LogP contribution < -0.4 is 5.32 Å². The van der Waals surface area contributed by atoms with E-state index in [9.17, 15) is 13.2 Å². The number of nitrogens with one attached hydrogen (secondary N) is 1. The summed E-state index contributed by atoms with van der Waals surface area (Å²) >= 11 is 0. The summed E-state index contributed by atoms with van der Waals surface area (Å²) in [5, 5.41) is 2.51. The molecule has 1 aromatic carbocycles. The quantitative estimate of drug-likeness (QED) is 0.570. The fourth-order valence-corrected chi connectivity index (χ4v) is 0.908. The first-order valence-corrected chi connectivity index (χ1v) is 3.92. The van der Waals surface area contributed by atoms with E-state index in [2.05, 4.69) is 11.2 Å². The molecule has 1 nitrogen and oxygen atoms in total. The molecule has 0 amide bonds. The monoisotopic (exact) mass is 199 g/mol. The molecule has 14 heavy (non-hydrogen) atoms. The van der Waals surface area contributed by atoms with Gasteiger partial charge in [0.05, 0.1) is 11.7 Å². The van der Waals surface area contributed by atoms with Crippen molar-refractivity contribution in [2.75, 3.05) is 5.32 Å². The van der Waals surface area contributed by atoms with Gasteiger partial charge in [-0.25, -0.2) is 13.2 Å². The molecule has 0 saturated carbocycles. The Labute approximate surface area is 79.9 Å². The van der Waals surface area contributed by atoms with Crippen LogP contribution in [0.1, 0.15) is 6.92 Å². The van der Waals surface area contributed by atoms with E-state index in [-0.39, 0.29) is 5.69 Å². The van der Waals surface area contributed by atoms with Gasteiger partial charge < -0.3 is 5.32 Å². The lowest BCUT2D eigenvalue weighted by molar-refractivity contribution is 0.496. The van der Waals surface area contributed by atoms with Gasteiger partial charge in [-0.05, 0) is 6.92 Å². The average molecular weight is 199 g/mol. The van der Waals surface area contributed by atoms with Gasteiger partial charge in [-0.2, -0.15) is 0 Å². The van der Waals surface area contributed by atoms with Crippen molar-refractivity contribution < 1.29 is 13.2 Å². The molecule has 0 aliphatic rings. The highest BCUT2D eigenvalue weighted by atomic mass is 19.2. The Kier molecular flexibility index (Phi) is 3.03. The van der Waals surface area contributed by atoms with Crippen molar-refractivity contribution in [3.63, 3.8) is 0 Å². The van der Waals surface area contributed by atoms with Crippen molar-refractivity contribution in [3.8, 4) is 12.3 Å². The summed E-state index contributed by atoms with van der Waals surface area (Å²) in [7, 11) is 0. The van der Waals surface area contributed by atoms with E-state index in [4.69, 9.17) is 6.42 Å². The van der Waals surface area contributed by atoms with E-state index < -0.39 is 23.5 Å². The van der Waals surface area contributed by atoms with E-state index in [1.165, 1.54) is 0 Å². The highest BCUT2D eigenvalue weighted by Gasteiger charge is 2.10. The molecule has 0 heterocycles. The van der Waals surface area contributed by atoms with Crippen LogP contribution in [-0.2, 0) is 0 Å². The van der Waals surface area contributed by atoms with Crippen molar-refractivity contribution in [2.45, 2.75) is 13.0 Å². The zero-order valence-corrected chi connectivity index (χ0v) is 7.44. The molecule has 0 radical (unpaired) electrons. The number of rotatable bonds is 2. The van der Waals surface area contributed by atoms with Crippen LogP contribution in [0.5, 0.6) is 0 Å². The minimum Gasteiger partial charge on any atom is -0.369 e. The maximum atomic E-state index is 13.0. The second kappa shape index (κ2) is 4.05. The summed E-state index contributed by atoms with van der Waals surface area (Å²) < 4.78 is 38.2.